The standard InChI is InChI=1S/C18H22N2O4/c1-3-4-10-17(21)20(2)16(18(22)24-12-11-19)14-23-13-15-8-6-5-7-9-15/h3,5-9,16H,1,4,10,12-14H2,2H3/t16-/m0/s1. The number of ether oxygens (including phenoxy) is 2. The van der Waals surface area contributed by atoms with Crippen molar-refractivity contribution in [1.82, 2.24) is 4.90 Å². The van der Waals surface area contributed by atoms with E-state index in [-0.39, 0.29) is 25.5 Å². The van der Waals surface area contributed by atoms with Crippen LogP contribution in [0.15, 0.2) is 43.0 Å². The van der Waals surface area contributed by atoms with Gasteiger partial charge in [0.25, 0.3) is 0 Å². The topological polar surface area (TPSA) is 79.6 Å². The van der Waals surface area contributed by atoms with Crippen LogP contribution in [0.3, 0.4) is 0 Å². The Morgan fingerprint density at radius 1 is 1.38 bits per heavy atom. The molecule has 1 aromatic carbocycles. The molecule has 1 rings (SSSR count). The number of carbonyl (C=O) groups is 2. The molecule has 0 aliphatic heterocycles. The van der Waals surface area contributed by atoms with Gasteiger partial charge in [0.15, 0.2) is 12.6 Å². The molecule has 0 radical (unpaired) electrons. The summed E-state index contributed by atoms with van der Waals surface area (Å²) in [6.45, 7) is 3.53. The SMILES string of the molecule is C=CCCC(=O)N(C)[C@@H](COCc1ccccc1)C(=O)OCC#N. The molecule has 1 aromatic rings. The number of nitrogens with zero attached hydrogens (tertiary/aromatic N) is 2. The average Bonchev–Trinajstić information content (AvgIpc) is 2.61. The van der Waals surface area contributed by atoms with Crippen LogP contribution in [0.25, 0.3) is 0 Å². The Labute approximate surface area is 142 Å². The summed E-state index contributed by atoms with van der Waals surface area (Å²) in [6.07, 6.45) is 2.41. The van der Waals surface area contributed by atoms with E-state index < -0.39 is 12.0 Å². The van der Waals surface area contributed by atoms with Crippen LogP contribution in [0.5, 0.6) is 0 Å². The monoisotopic (exact) mass is 330 g/mol. The molecule has 0 aliphatic rings. The lowest BCUT2D eigenvalue weighted by Crippen LogP contribution is -2.46. The number of amides is 1. The Balaban J connectivity index is 2.66. The third-order valence-corrected chi connectivity index (χ3v) is 3.36. The second-order valence-corrected chi connectivity index (χ2v) is 5.11. The second kappa shape index (κ2) is 11.0. The molecular formula is C18H22N2O4. The number of benzene rings is 1. The molecule has 0 spiro atoms. The lowest BCUT2D eigenvalue weighted by Gasteiger charge is -2.26. The van der Waals surface area contributed by atoms with Gasteiger partial charge in [0.1, 0.15) is 6.07 Å². The molecule has 0 aliphatic carbocycles. The molecule has 0 heterocycles. The molecule has 0 fully saturated rings. The van der Waals surface area contributed by atoms with Gasteiger partial charge in [-0.05, 0) is 12.0 Å². The predicted molar refractivity (Wildman–Crippen MR) is 88.7 cm³/mol. The van der Waals surface area contributed by atoms with Crippen molar-refractivity contribution in [2.45, 2.75) is 25.5 Å². The first-order valence-corrected chi connectivity index (χ1v) is 7.62. The van der Waals surface area contributed by atoms with Crippen LogP contribution >= 0.6 is 0 Å². The van der Waals surface area contributed by atoms with Crippen LogP contribution in [-0.4, -0.2) is 43.1 Å². The zero-order valence-corrected chi connectivity index (χ0v) is 13.8. The van der Waals surface area contributed by atoms with E-state index in [4.69, 9.17) is 14.7 Å². The van der Waals surface area contributed by atoms with Crippen LogP contribution in [0.1, 0.15) is 18.4 Å². The fourth-order valence-electron chi connectivity index (χ4n) is 1.98. The summed E-state index contributed by atoms with van der Waals surface area (Å²) in [6, 6.07) is 10.3. The molecule has 0 aromatic heterocycles. The van der Waals surface area contributed by atoms with Crippen LogP contribution in [-0.2, 0) is 25.7 Å². The van der Waals surface area contributed by atoms with Crippen molar-refractivity contribution in [2.24, 2.45) is 0 Å². The van der Waals surface area contributed by atoms with E-state index in [1.165, 1.54) is 11.9 Å². The largest absolute Gasteiger partial charge is 0.449 e. The first kappa shape index (κ1) is 19.4. The summed E-state index contributed by atoms with van der Waals surface area (Å²) in [4.78, 5) is 25.5. The lowest BCUT2D eigenvalue weighted by atomic mass is 10.2. The maximum atomic E-state index is 12.1. The van der Waals surface area contributed by atoms with E-state index in [2.05, 4.69) is 6.58 Å². The van der Waals surface area contributed by atoms with Gasteiger partial charge in [-0.2, -0.15) is 5.26 Å². The number of nitriles is 1. The van der Waals surface area contributed by atoms with E-state index in [0.29, 0.717) is 13.0 Å². The van der Waals surface area contributed by atoms with E-state index in [0.717, 1.165) is 5.56 Å². The highest BCUT2D eigenvalue weighted by Gasteiger charge is 2.28. The van der Waals surface area contributed by atoms with Crippen molar-refractivity contribution in [3.63, 3.8) is 0 Å². The Kier molecular flexibility index (Phi) is 8.87. The normalized spacial score (nSPS) is 11.2. The highest BCUT2D eigenvalue weighted by molar-refractivity contribution is 5.84. The number of hydrogen-bond acceptors (Lipinski definition) is 5. The molecule has 1 atom stereocenters. The van der Waals surface area contributed by atoms with Crippen molar-refractivity contribution in [2.75, 3.05) is 20.3 Å². The second-order valence-electron chi connectivity index (χ2n) is 5.11. The van der Waals surface area contributed by atoms with Crippen molar-refractivity contribution < 1.29 is 19.1 Å². The summed E-state index contributed by atoms with van der Waals surface area (Å²) in [5.41, 5.74) is 0.960. The molecule has 1 amide bonds. The third kappa shape index (κ3) is 6.63. The maximum absolute atomic E-state index is 12.1. The summed E-state index contributed by atoms with van der Waals surface area (Å²) in [7, 11) is 1.52. The number of hydrogen-bond donors (Lipinski definition) is 0. The highest BCUT2D eigenvalue weighted by Crippen LogP contribution is 2.08. The molecule has 0 saturated carbocycles. The van der Waals surface area contributed by atoms with Gasteiger partial charge in [-0.3, -0.25) is 4.79 Å². The molecular weight excluding hydrogens is 308 g/mol. The smallest absolute Gasteiger partial charge is 0.332 e. The molecule has 0 unspecified atom stereocenters. The van der Waals surface area contributed by atoms with Gasteiger partial charge < -0.3 is 14.4 Å². The molecule has 6 nitrogen and oxygen atoms in total. The van der Waals surface area contributed by atoms with Crippen molar-refractivity contribution in [3.8, 4) is 6.07 Å². The first-order valence-electron chi connectivity index (χ1n) is 7.62. The zero-order valence-electron chi connectivity index (χ0n) is 13.8. The van der Waals surface area contributed by atoms with Crippen LogP contribution < -0.4 is 0 Å². The molecule has 0 saturated heterocycles. The van der Waals surface area contributed by atoms with Crippen molar-refractivity contribution in [3.05, 3.63) is 48.6 Å². The Bertz CT molecular complexity index is 580. The van der Waals surface area contributed by atoms with Gasteiger partial charge >= 0.3 is 5.97 Å². The van der Waals surface area contributed by atoms with Crippen molar-refractivity contribution in [1.29, 1.82) is 5.26 Å². The highest BCUT2D eigenvalue weighted by atomic mass is 16.5. The van der Waals surface area contributed by atoms with Gasteiger partial charge in [0.05, 0.1) is 13.2 Å². The van der Waals surface area contributed by atoms with E-state index >= 15 is 0 Å². The summed E-state index contributed by atoms with van der Waals surface area (Å²) < 4.78 is 10.4. The number of rotatable bonds is 10. The van der Waals surface area contributed by atoms with Crippen LogP contribution in [0.4, 0.5) is 0 Å². The quantitative estimate of drug-likeness (QED) is 0.484. The molecule has 0 N–H and O–H groups in total. The van der Waals surface area contributed by atoms with E-state index in [1.54, 1.807) is 12.1 Å². The number of carbonyl (C=O) groups excluding carboxylic acids is 2. The summed E-state index contributed by atoms with van der Waals surface area (Å²) >= 11 is 0. The van der Waals surface area contributed by atoms with E-state index in [1.807, 2.05) is 30.3 Å². The average molecular weight is 330 g/mol. The third-order valence-electron chi connectivity index (χ3n) is 3.36. The summed E-state index contributed by atoms with van der Waals surface area (Å²) in [5, 5.41) is 8.54. The molecule has 128 valence electrons. The number of esters is 1. The zero-order chi connectivity index (χ0) is 17.8. The fraction of sp³-hybridized carbons (Fsp3) is 0.389. The van der Waals surface area contributed by atoms with Gasteiger partial charge in [-0.15, -0.1) is 6.58 Å². The van der Waals surface area contributed by atoms with Crippen molar-refractivity contribution >= 4 is 11.9 Å². The van der Waals surface area contributed by atoms with Gasteiger partial charge in [-0.1, -0.05) is 36.4 Å². The van der Waals surface area contributed by atoms with Crippen LogP contribution in [0, 0.1) is 11.3 Å². The minimum atomic E-state index is -0.889. The van der Waals surface area contributed by atoms with Gasteiger partial charge in [0, 0.05) is 13.5 Å². The summed E-state index contributed by atoms with van der Waals surface area (Å²) in [5.74, 6) is -0.865. The lowest BCUT2D eigenvalue weighted by molar-refractivity contribution is -0.156. The number of allylic oxidation sites excluding steroid dienone is 1. The fourth-order valence-corrected chi connectivity index (χ4v) is 1.98. The predicted octanol–water partition coefficient (Wildman–Crippen LogP) is 2.06. The maximum Gasteiger partial charge on any atom is 0.332 e. The van der Waals surface area contributed by atoms with E-state index in [9.17, 15) is 9.59 Å². The minimum absolute atomic E-state index is 0.00448. The van der Waals surface area contributed by atoms with Gasteiger partial charge in [0.2, 0.25) is 5.91 Å². The Morgan fingerprint density at radius 3 is 2.71 bits per heavy atom. The Hall–Kier alpha value is -2.65. The minimum Gasteiger partial charge on any atom is -0.449 e. The molecule has 0 bridgehead atoms. The van der Waals surface area contributed by atoms with Crippen LogP contribution in [0.2, 0.25) is 0 Å². The molecule has 6 heteroatoms. The molecule has 24 heavy (non-hydrogen) atoms. The number of likely N-dealkylation sites (N-methyl/N-ethyl adjacent to an activating group) is 1. The van der Waals surface area contributed by atoms with Gasteiger partial charge in [-0.25, -0.2) is 4.79 Å². The Morgan fingerprint density at radius 2 is 2.08 bits per heavy atom. The first-order chi connectivity index (χ1) is 11.6.